The van der Waals surface area contributed by atoms with E-state index in [1.807, 2.05) is 12.1 Å². The number of rotatable bonds is 4. The number of halogens is 2. The van der Waals surface area contributed by atoms with Gasteiger partial charge in [0.1, 0.15) is 0 Å². The summed E-state index contributed by atoms with van der Waals surface area (Å²) >= 11 is 0. The highest BCUT2D eigenvalue weighted by atomic mass is 19.3. The number of ketones is 1. The van der Waals surface area contributed by atoms with E-state index in [9.17, 15) is 18.7 Å². The Morgan fingerprint density at radius 1 is 0.870 bits per heavy atom. The summed E-state index contributed by atoms with van der Waals surface area (Å²) in [6.45, 7) is 0. The molecule has 1 atom stereocenters. The quantitative estimate of drug-likeness (QED) is 0.725. The van der Waals surface area contributed by atoms with Crippen LogP contribution in [0.5, 0.6) is 0 Å². The molecule has 0 amide bonds. The van der Waals surface area contributed by atoms with Crippen LogP contribution in [0.15, 0.2) is 72.8 Å². The van der Waals surface area contributed by atoms with Gasteiger partial charge in [-0.25, -0.2) is 0 Å². The standard InChI is InChI=1S/C19H14F2O2/c20-19(21,17(22)14-7-2-1-3-8-14)18(23)16-11-10-13-6-4-5-9-15(13)12-16/h1-12,17,22H/t17-/m1/s1. The molecular weight excluding hydrogens is 298 g/mol. The number of carbonyl (C=O) groups is 1. The molecule has 0 fully saturated rings. The molecule has 0 bridgehead atoms. The van der Waals surface area contributed by atoms with E-state index in [0.717, 1.165) is 5.39 Å². The van der Waals surface area contributed by atoms with Crippen LogP contribution in [0.2, 0.25) is 0 Å². The predicted octanol–water partition coefficient (Wildman–Crippen LogP) is 4.39. The van der Waals surface area contributed by atoms with Crippen LogP contribution >= 0.6 is 0 Å². The second kappa shape index (κ2) is 5.89. The highest BCUT2D eigenvalue weighted by Gasteiger charge is 2.47. The van der Waals surface area contributed by atoms with Gasteiger partial charge in [-0.3, -0.25) is 4.79 Å². The first-order valence-electron chi connectivity index (χ1n) is 7.14. The number of hydrogen-bond donors (Lipinski definition) is 1. The van der Waals surface area contributed by atoms with Crippen LogP contribution in [0.3, 0.4) is 0 Å². The van der Waals surface area contributed by atoms with Crippen molar-refractivity contribution in [3.63, 3.8) is 0 Å². The molecular formula is C19H14F2O2. The maximum atomic E-state index is 14.4. The number of aliphatic hydroxyl groups is 1. The minimum Gasteiger partial charge on any atom is -0.382 e. The first-order valence-corrected chi connectivity index (χ1v) is 7.14. The number of carbonyl (C=O) groups excluding carboxylic acids is 1. The third kappa shape index (κ3) is 2.85. The first-order chi connectivity index (χ1) is 11.0. The molecule has 0 aromatic heterocycles. The summed E-state index contributed by atoms with van der Waals surface area (Å²) in [7, 11) is 0. The van der Waals surface area contributed by atoms with Crippen molar-refractivity contribution in [3.8, 4) is 0 Å². The Labute approximate surface area is 132 Å². The van der Waals surface area contributed by atoms with Gasteiger partial charge in [0, 0.05) is 5.56 Å². The molecule has 23 heavy (non-hydrogen) atoms. The molecule has 0 aliphatic carbocycles. The van der Waals surface area contributed by atoms with Crippen LogP contribution in [0, 0.1) is 0 Å². The third-order valence-electron chi connectivity index (χ3n) is 3.77. The Bertz CT molecular complexity index is 844. The van der Waals surface area contributed by atoms with Crippen LogP contribution in [-0.2, 0) is 0 Å². The predicted molar refractivity (Wildman–Crippen MR) is 84.6 cm³/mol. The highest BCUT2D eigenvalue weighted by Crippen LogP contribution is 2.34. The molecule has 0 aliphatic rings. The lowest BCUT2D eigenvalue weighted by Gasteiger charge is -2.21. The molecule has 0 radical (unpaired) electrons. The molecule has 0 spiro atoms. The topological polar surface area (TPSA) is 37.3 Å². The summed E-state index contributed by atoms with van der Waals surface area (Å²) < 4.78 is 28.8. The lowest BCUT2D eigenvalue weighted by molar-refractivity contribution is -0.0792. The van der Waals surface area contributed by atoms with E-state index >= 15 is 0 Å². The van der Waals surface area contributed by atoms with Crippen LogP contribution in [0.4, 0.5) is 8.78 Å². The van der Waals surface area contributed by atoms with Crippen molar-refractivity contribution < 1.29 is 18.7 Å². The van der Waals surface area contributed by atoms with Crippen molar-refractivity contribution in [2.45, 2.75) is 12.0 Å². The van der Waals surface area contributed by atoms with E-state index < -0.39 is 17.8 Å². The Morgan fingerprint density at radius 3 is 2.17 bits per heavy atom. The number of fused-ring (bicyclic) bond motifs is 1. The number of hydrogen-bond acceptors (Lipinski definition) is 2. The number of Topliss-reactive ketones (excluding diaryl/α,β-unsaturated/α-hetero) is 1. The van der Waals surface area contributed by atoms with Gasteiger partial charge in [0.15, 0.2) is 6.10 Å². The summed E-state index contributed by atoms with van der Waals surface area (Å²) in [6.07, 6.45) is -2.18. The monoisotopic (exact) mass is 312 g/mol. The molecule has 2 nitrogen and oxygen atoms in total. The lowest BCUT2D eigenvalue weighted by Crippen LogP contribution is -2.35. The molecule has 116 valence electrons. The van der Waals surface area contributed by atoms with Gasteiger partial charge in [0.2, 0.25) is 5.78 Å². The Kier molecular flexibility index (Phi) is 3.92. The Balaban J connectivity index is 1.96. The Hall–Kier alpha value is -2.59. The summed E-state index contributed by atoms with van der Waals surface area (Å²) in [5, 5.41) is 11.5. The summed E-state index contributed by atoms with van der Waals surface area (Å²) in [5.41, 5.74) is -0.115. The maximum absolute atomic E-state index is 14.4. The van der Waals surface area contributed by atoms with Crippen molar-refractivity contribution >= 4 is 16.6 Å². The summed E-state index contributed by atoms with van der Waals surface area (Å²) in [6, 6.07) is 19.0. The second-order valence-corrected chi connectivity index (χ2v) is 5.33. The Morgan fingerprint density at radius 2 is 1.48 bits per heavy atom. The maximum Gasteiger partial charge on any atom is 0.339 e. The van der Waals surface area contributed by atoms with E-state index in [-0.39, 0.29) is 11.1 Å². The average molecular weight is 312 g/mol. The van der Waals surface area contributed by atoms with E-state index in [0.29, 0.717) is 5.39 Å². The average Bonchev–Trinajstić information content (AvgIpc) is 2.60. The molecule has 0 aliphatic heterocycles. The van der Waals surface area contributed by atoms with Crippen LogP contribution in [0.1, 0.15) is 22.0 Å². The van der Waals surface area contributed by atoms with Gasteiger partial charge >= 0.3 is 5.92 Å². The van der Waals surface area contributed by atoms with E-state index in [1.54, 1.807) is 24.3 Å². The van der Waals surface area contributed by atoms with Crippen molar-refractivity contribution in [2.24, 2.45) is 0 Å². The first kappa shape index (κ1) is 15.3. The molecule has 0 saturated carbocycles. The van der Waals surface area contributed by atoms with Crippen LogP contribution in [0.25, 0.3) is 10.8 Å². The number of benzene rings is 3. The molecule has 3 rings (SSSR count). The fraction of sp³-hybridized carbons (Fsp3) is 0.105. The largest absolute Gasteiger partial charge is 0.382 e. The zero-order chi connectivity index (χ0) is 16.4. The zero-order valence-electron chi connectivity index (χ0n) is 12.1. The van der Waals surface area contributed by atoms with E-state index in [4.69, 9.17) is 0 Å². The van der Waals surface area contributed by atoms with Crippen LogP contribution < -0.4 is 0 Å². The number of aliphatic hydroxyl groups excluding tert-OH is 1. The number of alkyl halides is 2. The molecule has 3 aromatic carbocycles. The SMILES string of the molecule is O=C(c1ccc2ccccc2c1)C(F)(F)[C@H](O)c1ccccc1. The van der Waals surface area contributed by atoms with E-state index in [2.05, 4.69) is 0 Å². The third-order valence-corrected chi connectivity index (χ3v) is 3.77. The molecule has 4 heteroatoms. The fourth-order valence-electron chi connectivity index (χ4n) is 2.49. The van der Waals surface area contributed by atoms with Gasteiger partial charge < -0.3 is 5.11 Å². The normalized spacial score (nSPS) is 13.0. The van der Waals surface area contributed by atoms with Gasteiger partial charge in [-0.1, -0.05) is 66.7 Å². The van der Waals surface area contributed by atoms with Crippen molar-refractivity contribution in [1.29, 1.82) is 0 Å². The van der Waals surface area contributed by atoms with Gasteiger partial charge in [-0.15, -0.1) is 0 Å². The van der Waals surface area contributed by atoms with Crippen LogP contribution in [-0.4, -0.2) is 16.8 Å². The fourth-order valence-corrected chi connectivity index (χ4v) is 2.49. The minimum atomic E-state index is -3.90. The van der Waals surface area contributed by atoms with Gasteiger partial charge in [-0.05, 0) is 22.4 Å². The summed E-state index contributed by atoms with van der Waals surface area (Å²) in [5.74, 6) is -5.29. The van der Waals surface area contributed by atoms with Crippen molar-refractivity contribution in [2.75, 3.05) is 0 Å². The molecule has 3 aromatic rings. The molecule has 1 N–H and O–H groups in total. The van der Waals surface area contributed by atoms with Crippen molar-refractivity contribution in [3.05, 3.63) is 83.9 Å². The summed E-state index contributed by atoms with van der Waals surface area (Å²) in [4.78, 5) is 12.2. The van der Waals surface area contributed by atoms with Gasteiger partial charge in [-0.2, -0.15) is 8.78 Å². The van der Waals surface area contributed by atoms with E-state index in [1.165, 1.54) is 36.4 Å². The molecule has 0 unspecified atom stereocenters. The molecule has 0 heterocycles. The van der Waals surface area contributed by atoms with Crippen molar-refractivity contribution in [1.82, 2.24) is 0 Å². The zero-order valence-corrected chi connectivity index (χ0v) is 12.1. The highest BCUT2D eigenvalue weighted by molar-refractivity contribution is 6.04. The molecule has 0 saturated heterocycles. The van der Waals surface area contributed by atoms with Gasteiger partial charge in [0.05, 0.1) is 0 Å². The second-order valence-electron chi connectivity index (χ2n) is 5.33. The van der Waals surface area contributed by atoms with Gasteiger partial charge in [0.25, 0.3) is 0 Å². The lowest BCUT2D eigenvalue weighted by atomic mass is 9.95. The minimum absolute atomic E-state index is 0.00615. The smallest absolute Gasteiger partial charge is 0.339 e.